The summed E-state index contributed by atoms with van der Waals surface area (Å²) in [7, 11) is 0. The average molecular weight is 434 g/mol. The Morgan fingerprint density at radius 3 is 2.33 bits per heavy atom. The molecule has 3 aromatic carbocycles. The molecular weight excluding hydrogens is 412 g/mol. The van der Waals surface area contributed by atoms with Gasteiger partial charge in [0.25, 0.3) is 5.91 Å². The molecule has 6 heteroatoms. The first kappa shape index (κ1) is 20.6. The van der Waals surface area contributed by atoms with Gasteiger partial charge in [0.15, 0.2) is 0 Å². The quantitative estimate of drug-likeness (QED) is 0.425. The molecule has 4 aromatic rings. The number of fused-ring (bicyclic) bond motifs is 1. The number of carbonyl (C=O) groups excluding carboxylic acids is 1. The maximum atomic E-state index is 13.2. The van der Waals surface area contributed by atoms with Crippen molar-refractivity contribution in [3.63, 3.8) is 0 Å². The number of nitrogens with zero attached hydrogens (tertiary/aromatic N) is 4. The molecule has 6 nitrogen and oxygen atoms in total. The molecule has 1 aliphatic rings. The van der Waals surface area contributed by atoms with E-state index in [1.165, 1.54) is 0 Å². The zero-order valence-corrected chi connectivity index (χ0v) is 18.4. The Hall–Kier alpha value is -4.32. The first-order valence-corrected chi connectivity index (χ1v) is 10.7. The van der Waals surface area contributed by atoms with Crippen LogP contribution in [0.25, 0.3) is 0 Å². The molecule has 0 aliphatic carbocycles. The van der Waals surface area contributed by atoms with Crippen molar-refractivity contribution in [2.45, 2.75) is 20.4 Å². The Balaban J connectivity index is 1.50. The normalized spacial score (nSPS) is 13.8. The van der Waals surface area contributed by atoms with Crippen molar-refractivity contribution in [2.75, 3.05) is 4.90 Å². The molecule has 0 atom stereocenters. The molecule has 33 heavy (non-hydrogen) atoms. The first-order chi connectivity index (χ1) is 16.1. The Labute approximate surface area is 192 Å². The monoisotopic (exact) mass is 434 g/mol. The molecule has 0 radical (unpaired) electrons. The second kappa shape index (κ2) is 8.67. The summed E-state index contributed by atoms with van der Waals surface area (Å²) < 4.78 is 5.88. The Morgan fingerprint density at radius 2 is 1.55 bits per heavy atom. The lowest BCUT2D eigenvalue weighted by Crippen LogP contribution is -2.27. The molecule has 0 bridgehead atoms. The molecule has 1 amide bonds. The minimum Gasteiger partial charge on any atom is -0.457 e. The minimum absolute atomic E-state index is 0.352. The number of hydrogen-bond acceptors (Lipinski definition) is 4. The summed E-state index contributed by atoms with van der Waals surface area (Å²) >= 11 is 0. The molecule has 2 heterocycles. The van der Waals surface area contributed by atoms with Crippen LogP contribution in [0, 0.1) is 13.8 Å². The fourth-order valence-corrected chi connectivity index (χ4v) is 3.86. The van der Waals surface area contributed by atoms with Crippen LogP contribution in [-0.2, 0) is 6.54 Å². The lowest BCUT2D eigenvalue weighted by atomic mass is 10.1. The van der Waals surface area contributed by atoms with Gasteiger partial charge in [0.05, 0.1) is 6.54 Å². The van der Waals surface area contributed by atoms with E-state index in [1.54, 1.807) is 18.2 Å². The Bertz CT molecular complexity index is 1350. The number of aryl methyl sites for hydroxylation is 2. The van der Waals surface area contributed by atoms with E-state index in [4.69, 9.17) is 4.74 Å². The summed E-state index contributed by atoms with van der Waals surface area (Å²) in [5.74, 6) is 2.02. The van der Waals surface area contributed by atoms with Crippen LogP contribution >= 0.6 is 0 Å². The number of anilines is 1. The van der Waals surface area contributed by atoms with Crippen LogP contribution in [0.3, 0.4) is 0 Å². The number of aromatic nitrogens is 2. The molecule has 1 aliphatic heterocycles. The number of ether oxygens (including phenoxy) is 1. The van der Waals surface area contributed by atoms with Crippen molar-refractivity contribution < 1.29 is 9.53 Å². The molecule has 0 saturated carbocycles. The van der Waals surface area contributed by atoms with Gasteiger partial charge in [0.1, 0.15) is 17.3 Å². The van der Waals surface area contributed by atoms with Gasteiger partial charge in [-0.05, 0) is 55.8 Å². The van der Waals surface area contributed by atoms with E-state index in [2.05, 4.69) is 15.0 Å². The van der Waals surface area contributed by atoms with Gasteiger partial charge in [-0.1, -0.05) is 48.5 Å². The van der Waals surface area contributed by atoms with Crippen molar-refractivity contribution in [2.24, 2.45) is 4.99 Å². The molecule has 0 N–H and O–H groups in total. The molecule has 5 rings (SSSR count). The fraction of sp³-hybridized carbons (Fsp3) is 0.111. The fourth-order valence-electron chi connectivity index (χ4n) is 3.86. The van der Waals surface area contributed by atoms with Crippen LogP contribution in [0.2, 0.25) is 0 Å². The number of hydrogen-bond donors (Lipinski definition) is 0. The number of rotatable bonds is 4. The zero-order chi connectivity index (χ0) is 22.8. The van der Waals surface area contributed by atoms with E-state index in [0.29, 0.717) is 35.4 Å². The van der Waals surface area contributed by atoms with Crippen molar-refractivity contribution in [1.29, 1.82) is 0 Å². The summed E-state index contributed by atoms with van der Waals surface area (Å²) in [4.78, 5) is 28.8. The standard InChI is InChI=1S/C27H22N4O2/c1-18-15-19(2)29-27(28-18)31-17-21-9-6-7-14-24(21)25(31)30-26(32)20-10-8-13-23(16-20)33-22-11-4-3-5-12-22/h3-16H,17H2,1-2H3. The largest absolute Gasteiger partial charge is 0.457 e. The molecule has 0 saturated heterocycles. The van der Waals surface area contributed by atoms with Crippen molar-refractivity contribution in [1.82, 2.24) is 9.97 Å². The van der Waals surface area contributed by atoms with E-state index in [0.717, 1.165) is 22.5 Å². The van der Waals surface area contributed by atoms with Crippen LogP contribution in [0.1, 0.15) is 32.9 Å². The third-order valence-electron chi connectivity index (χ3n) is 5.32. The van der Waals surface area contributed by atoms with Crippen LogP contribution in [0.15, 0.2) is 89.9 Å². The predicted molar refractivity (Wildman–Crippen MR) is 128 cm³/mol. The lowest BCUT2D eigenvalue weighted by Gasteiger charge is -2.17. The molecule has 0 spiro atoms. The van der Waals surface area contributed by atoms with Gasteiger partial charge in [-0.3, -0.25) is 9.69 Å². The van der Waals surface area contributed by atoms with Gasteiger partial charge in [-0.25, -0.2) is 9.97 Å². The number of carbonyl (C=O) groups is 1. The van der Waals surface area contributed by atoms with Crippen LogP contribution in [0.5, 0.6) is 11.5 Å². The Kier molecular flexibility index (Phi) is 5.40. The molecular formula is C27H22N4O2. The molecule has 162 valence electrons. The minimum atomic E-state index is -0.352. The van der Waals surface area contributed by atoms with E-state index in [-0.39, 0.29) is 5.91 Å². The zero-order valence-electron chi connectivity index (χ0n) is 18.4. The number of para-hydroxylation sites is 1. The van der Waals surface area contributed by atoms with Gasteiger partial charge in [-0.15, -0.1) is 0 Å². The third kappa shape index (κ3) is 4.36. The van der Waals surface area contributed by atoms with Crippen molar-refractivity contribution in [3.8, 4) is 11.5 Å². The van der Waals surface area contributed by atoms with Gasteiger partial charge < -0.3 is 4.74 Å². The number of amidine groups is 1. The maximum absolute atomic E-state index is 13.2. The highest BCUT2D eigenvalue weighted by molar-refractivity contribution is 6.18. The summed E-state index contributed by atoms with van der Waals surface area (Å²) in [5.41, 5.74) is 4.16. The van der Waals surface area contributed by atoms with E-state index < -0.39 is 0 Å². The topological polar surface area (TPSA) is 67.7 Å². The predicted octanol–water partition coefficient (Wildman–Crippen LogP) is 5.49. The van der Waals surface area contributed by atoms with E-state index in [1.807, 2.05) is 85.5 Å². The highest BCUT2D eigenvalue weighted by Crippen LogP contribution is 2.28. The van der Waals surface area contributed by atoms with Crippen molar-refractivity contribution in [3.05, 3.63) is 113 Å². The van der Waals surface area contributed by atoms with Gasteiger partial charge in [0, 0.05) is 22.5 Å². The summed E-state index contributed by atoms with van der Waals surface area (Å²) in [5, 5.41) is 0. The molecule has 0 fully saturated rings. The smallest absolute Gasteiger partial charge is 0.279 e. The number of amides is 1. The molecule has 1 aromatic heterocycles. The highest BCUT2D eigenvalue weighted by atomic mass is 16.5. The van der Waals surface area contributed by atoms with Gasteiger partial charge in [-0.2, -0.15) is 4.99 Å². The van der Waals surface area contributed by atoms with Gasteiger partial charge >= 0.3 is 0 Å². The summed E-state index contributed by atoms with van der Waals surface area (Å²) in [6, 6.07) is 26.4. The lowest BCUT2D eigenvalue weighted by molar-refractivity contribution is 0.100. The Morgan fingerprint density at radius 1 is 0.848 bits per heavy atom. The third-order valence-corrected chi connectivity index (χ3v) is 5.32. The van der Waals surface area contributed by atoms with E-state index >= 15 is 0 Å². The summed E-state index contributed by atoms with van der Waals surface area (Å²) in [6.07, 6.45) is 0. The highest BCUT2D eigenvalue weighted by Gasteiger charge is 2.29. The van der Waals surface area contributed by atoms with Crippen LogP contribution in [0.4, 0.5) is 5.95 Å². The van der Waals surface area contributed by atoms with E-state index in [9.17, 15) is 4.79 Å². The second-order valence-corrected chi connectivity index (χ2v) is 7.88. The average Bonchev–Trinajstić information content (AvgIpc) is 3.18. The summed E-state index contributed by atoms with van der Waals surface area (Å²) in [6.45, 7) is 4.42. The number of benzene rings is 3. The van der Waals surface area contributed by atoms with Crippen LogP contribution < -0.4 is 9.64 Å². The first-order valence-electron chi connectivity index (χ1n) is 10.7. The SMILES string of the molecule is Cc1cc(C)nc(N2Cc3ccccc3C2=NC(=O)c2cccc(Oc3ccccc3)c2)n1. The maximum Gasteiger partial charge on any atom is 0.279 e. The van der Waals surface area contributed by atoms with Crippen LogP contribution in [-0.4, -0.2) is 21.7 Å². The van der Waals surface area contributed by atoms with Crippen molar-refractivity contribution >= 4 is 17.7 Å². The van der Waals surface area contributed by atoms with Gasteiger partial charge in [0.2, 0.25) is 5.95 Å². The molecule has 0 unspecified atom stereocenters. The second-order valence-electron chi connectivity index (χ2n) is 7.88. The number of aliphatic imine (C=N–C) groups is 1.